The number of benzene rings is 2. The van der Waals surface area contributed by atoms with E-state index in [0.717, 1.165) is 118 Å². The lowest BCUT2D eigenvalue weighted by Gasteiger charge is -2.26. The molecule has 4 aliphatic rings. The summed E-state index contributed by atoms with van der Waals surface area (Å²) in [5.41, 5.74) is 16.3. The van der Waals surface area contributed by atoms with Crippen molar-refractivity contribution in [2.45, 2.75) is 74.5 Å². The molecule has 2 aromatic carbocycles. The first-order valence-electron chi connectivity index (χ1n) is 19.8. The molecule has 14 nitrogen and oxygen atoms in total. The zero-order valence-corrected chi connectivity index (χ0v) is 37.8. The number of hydrogen-bond acceptors (Lipinski definition) is 12. The first kappa shape index (κ1) is 40.7. The van der Waals surface area contributed by atoms with E-state index in [1.54, 1.807) is 32.9 Å². The highest BCUT2D eigenvalue weighted by atomic mass is 79.9. The summed E-state index contributed by atoms with van der Waals surface area (Å²) in [5, 5.41) is 10.2. The summed E-state index contributed by atoms with van der Waals surface area (Å²) in [6.07, 6.45) is 12.7. The molecule has 60 heavy (non-hydrogen) atoms. The second-order valence-electron chi connectivity index (χ2n) is 16.1. The van der Waals surface area contributed by atoms with Gasteiger partial charge in [0.2, 0.25) is 11.9 Å². The number of hydrogen-bond donors (Lipinski definition) is 2. The first-order valence-corrected chi connectivity index (χ1v) is 22.1. The monoisotopic (exact) mass is 976 g/mol. The number of nitrogens with zero attached hydrogens (tertiary/aromatic N) is 10. The van der Waals surface area contributed by atoms with E-state index in [4.69, 9.17) is 54.1 Å². The minimum atomic E-state index is -0.0846. The molecule has 4 N–H and O–H groups in total. The average molecular weight is 980 g/mol. The van der Waals surface area contributed by atoms with Gasteiger partial charge in [-0.15, -0.1) is 5.10 Å². The fourth-order valence-electron chi connectivity index (χ4n) is 9.91. The van der Waals surface area contributed by atoms with Crippen molar-refractivity contribution in [2.75, 3.05) is 48.6 Å². The summed E-state index contributed by atoms with van der Waals surface area (Å²) in [5.74, 6) is 4.42. The molecule has 2 fully saturated rings. The summed E-state index contributed by atoms with van der Waals surface area (Å²) >= 11 is 20.8. The fraction of sp³-hybridized carbons (Fsp3) is 0.381. The molecule has 2 aliphatic heterocycles. The molecular weight excluding hydrogens is 935 g/mol. The smallest absolute Gasteiger partial charge is 0.239 e. The van der Waals surface area contributed by atoms with Crippen LogP contribution < -0.4 is 30.7 Å². The first-order chi connectivity index (χ1) is 29.0. The lowest BCUT2D eigenvalue weighted by atomic mass is 9.81. The van der Waals surface area contributed by atoms with Crippen LogP contribution in [0.5, 0.6) is 11.5 Å². The third kappa shape index (κ3) is 7.43. The van der Waals surface area contributed by atoms with Crippen molar-refractivity contribution in [3.05, 3.63) is 115 Å². The van der Waals surface area contributed by atoms with E-state index in [0.29, 0.717) is 11.9 Å². The van der Waals surface area contributed by atoms with Crippen LogP contribution in [0, 0.1) is 0 Å². The number of anilines is 4. The number of nitrogens with two attached hydrogens (primary N) is 2. The van der Waals surface area contributed by atoms with Crippen molar-refractivity contribution in [3.8, 4) is 11.5 Å². The quantitative estimate of drug-likeness (QED) is 0.149. The number of methoxy groups -OCH3 is 2. The molecule has 0 amide bonds. The summed E-state index contributed by atoms with van der Waals surface area (Å²) in [6.45, 7) is 3.27. The van der Waals surface area contributed by atoms with Crippen LogP contribution in [0.4, 0.5) is 23.5 Å². The minimum Gasteiger partial charge on any atom is -0.497 e. The third-order valence-corrected chi connectivity index (χ3v) is 15.1. The average Bonchev–Trinajstić information content (AvgIpc) is 4.12. The topological polar surface area (TPSA) is 164 Å². The molecule has 4 aromatic heterocycles. The van der Waals surface area contributed by atoms with E-state index in [1.165, 1.54) is 17.5 Å². The molecule has 0 radical (unpaired) electrons. The van der Waals surface area contributed by atoms with Crippen molar-refractivity contribution in [1.82, 2.24) is 39.5 Å². The van der Waals surface area contributed by atoms with Crippen LogP contribution in [0.1, 0.15) is 72.9 Å². The second kappa shape index (κ2) is 16.3. The van der Waals surface area contributed by atoms with E-state index in [9.17, 15) is 0 Å². The zero-order valence-electron chi connectivity index (χ0n) is 33.1. The maximum Gasteiger partial charge on any atom is 0.239 e. The van der Waals surface area contributed by atoms with Crippen molar-refractivity contribution in [3.63, 3.8) is 0 Å². The Hall–Kier alpha value is -4.64. The Balaban J connectivity index is 0.000000154. The Morgan fingerprint density at radius 2 is 1.22 bits per heavy atom. The number of ether oxygens (including phenoxy) is 2. The van der Waals surface area contributed by atoms with Gasteiger partial charge >= 0.3 is 0 Å². The van der Waals surface area contributed by atoms with Gasteiger partial charge in [-0.25, -0.2) is 29.3 Å². The Morgan fingerprint density at radius 1 is 0.717 bits per heavy atom. The Morgan fingerprint density at radius 3 is 1.67 bits per heavy atom. The molecule has 0 saturated heterocycles. The van der Waals surface area contributed by atoms with Crippen LogP contribution in [-0.4, -0.2) is 66.8 Å². The van der Waals surface area contributed by atoms with Gasteiger partial charge in [0.25, 0.3) is 0 Å². The molecule has 0 bridgehead atoms. The number of halogens is 4. The van der Waals surface area contributed by atoms with Gasteiger partial charge in [-0.3, -0.25) is 0 Å². The van der Waals surface area contributed by atoms with E-state index in [-0.39, 0.29) is 22.9 Å². The molecule has 2 saturated carbocycles. The van der Waals surface area contributed by atoms with Gasteiger partial charge in [0.05, 0.1) is 45.3 Å². The third-order valence-electron chi connectivity index (χ3n) is 12.6. The molecule has 4 atom stereocenters. The summed E-state index contributed by atoms with van der Waals surface area (Å²) < 4.78 is 16.0. The van der Waals surface area contributed by atoms with Gasteiger partial charge in [0.1, 0.15) is 35.8 Å². The van der Waals surface area contributed by atoms with Crippen molar-refractivity contribution in [2.24, 2.45) is 0 Å². The zero-order chi connectivity index (χ0) is 41.8. The Bertz CT molecular complexity index is 2520. The fourth-order valence-corrected chi connectivity index (χ4v) is 11.2. The Labute approximate surface area is 374 Å². The van der Waals surface area contributed by atoms with Crippen LogP contribution in [0.25, 0.3) is 0 Å². The molecular formula is C42H44Br2Cl2N12O2. The van der Waals surface area contributed by atoms with E-state index in [2.05, 4.69) is 86.1 Å². The highest BCUT2D eigenvalue weighted by Crippen LogP contribution is 2.58. The highest BCUT2D eigenvalue weighted by molar-refractivity contribution is 9.10. The maximum atomic E-state index is 6.83. The number of aromatic nitrogens is 8. The summed E-state index contributed by atoms with van der Waals surface area (Å²) in [7, 11) is 3.36. The van der Waals surface area contributed by atoms with Gasteiger partial charge in [-0.05, 0) is 106 Å². The molecule has 2 aliphatic carbocycles. The van der Waals surface area contributed by atoms with Crippen LogP contribution in [0.15, 0.2) is 82.5 Å². The maximum absolute atomic E-state index is 6.83. The largest absolute Gasteiger partial charge is 0.497 e. The SMILES string of the molecule is COc1ccc(CN2C[C@@]3(CC[C@H](n4cnc(N)n4)C3)c3c2ncc(Br)c3Cl)cc1.COc1ccc(CN2C[C@@]3(CC[C@H](n4ncnc4N)C3)c3c2ncc(Br)c3Cl)cc1. The molecule has 10 rings (SSSR count). The summed E-state index contributed by atoms with van der Waals surface area (Å²) in [4.78, 5) is 22.4. The van der Waals surface area contributed by atoms with Gasteiger partial charge in [-0.1, -0.05) is 47.5 Å². The molecule has 2 spiro atoms. The predicted molar refractivity (Wildman–Crippen MR) is 240 cm³/mol. The number of fused-ring (bicyclic) bond motifs is 4. The van der Waals surface area contributed by atoms with Crippen LogP contribution in [-0.2, 0) is 23.9 Å². The molecule has 6 aromatic rings. The van der Waals surface area contributed by atoms with Crippen molar-refractivity contribution < 1.29 is 9.47 Å². The van der Waals surface area contributed by atoms with Gasteiger partial charge in [-0.2, -0.15) is 5.10 Å². The van der Waals surface area contributed by atoms with E-state index < -0.39 is 0 Å². The van der Waals surface area contributed by atoms with E-state index in [1.807, 2.05) is 33.6 Å². The molecule has 312 valence electrons. The highest BCUT2D eigenvalue weighted by Gasteiger charge is 2.52. The van der Waals surface area contributed by atoms with Crippen LogP contribution >= 0.6 is 55.1 Å². The van der Waals surface area contributed by atoms with Gasteiger partial charge in [0.15, 0.2) is 0 Å². The lowest BCUT2D eigenvalue weighted by Crippen LogP contribution is -2.31. The molecule has 18 heteroatoms. The normalized spacial score (nSPS) is 22.6. The second-order valence-corrected chi connectivity index (χ2v) is 18.6. The van der Waals surface area contributed by atoms with Gasteiger partial charge < -0.3 is 30.7 Å². The number of nitrogen functional groups attached to an aromatic ring is 2. The minimum absolute atomic E-state index is 0.0684. The van der Waals surface area contributed by atoms with Crippen LogP contribution in [0.2, 0.25) is 10.0 Å². The van der Waals surface area contributed by atoms with Crippen LogP contribution in [0.3, 0.4) is 0 Å². The van der Waals surface area contributed by atoms with E-state index >= 15 is 0 Å². The van der Waals surface area contributed by atoms with Crippen molar-refractivity contribution in [1.29, 1.82) is 0 Å². The summed E-state index contributed by atoms with van der Waals surface area (Å²) in [6, 6.07) is 16.8. The Kier molecular flexibility index (Phi) is 11.1. The lowest BCUT2D eigenvalue weighted by molar-refractivity contribution is 0.408. The number of pyridine rings is 2. The van der Waals surface area contributed by atoms with Crippen molar-refractivity contribution >= 4 is 78.6 Å². The number of rotatable bonds is 8. The molecule has 6 heterocycles. The molecule has 0 unspecified atom stereocenters. The standard InChI is InChI=1S/2C21H22BrClN6O/c1-30-15-4-2-13(3-5-15)10-28-11-21(17-18(23)16(22)9-25-19(17)28)7-6-14(8-21)29-12-26-20(24)27-29;1-30-15-4-2-13(3-5-15)10-28-11-21(17-18(23)16(22)9-25-19(17)28)7-6-14(8-21)29-20(24)26-12-27-29/h2-5,9,12,14H,6-8,10-11H2,1H3,(H2,24,27);2-5,9,12,14H,6-8,10-11H2,1H3,(H2,24,26,27)/t2*14-,21-/m00/s1. The van der Waals surface area contributed by atoms with Gasteiger partial charge in [0, 0.05) is 60.5 Å². The predicted octanol–water partition coefficient (Wildman–Crippen LogP) is 8.73.